The highest BCUT2D eigenvalue weighted by Gasteiger charge is 2.22. The summed E-state index contributed by atoms with van der Waals surface area (Å²) in [5.41, 5.74) is 0.122. The molecule has 1 rings (SSSR count). The maximum atomic E-state index is 13.8. The van der Waals surface area contributed by atoms with Crippen LogP contribution in [0.2, 0.25) is 0 Å². The molecule has 0 radical (unpaired) electrons. The van der Waals surface area contributed by atoms with Crippen molar-refractivity contribution in [2.45, 2.75) is 25.2 Å². The number of hydrogen-bond donors (Lipinski definition) is 1. The number of hydrogen-bond acceptors (Lipinski definition) is 3. The van der Waals surface area contributed by atoms with Crippen LogP contribution in [0.1, 0.15) is 25.8 Å². The lowest BCUT2D eigenvalue weighted by molar-refractivity contribution is 0.305. The predicted octanol–water partition coefficient (Wildman–Crippen LogP) is 1.59. The van der Waals surface area contributed by atoms with Crippen LogP contribution in [0.4, 0.5) is 4.39 Å². The Bertz CT molecular complexity index is 613. The molecule has 0 saturated carbocycles. The van der Waals surface area contributed by atoms with E-state index in [4.69, 9.17) is 5.11 Å². The number of halogens is 1. The van der Waals surface area contributed by atoms with Crippen LogP contribution in [0, 0.1) is 17.7 Å². The summed E-state index contributed by atoms with van der Waals surface area (Å²) >= 11 is 0. The van der Waals surface area contributed by atoms with Crippen molar-refractivity contribution in [3.63, 3.8) is 0 Å². The van der Waals surface area contributed by atoms with Crippen LogP contribution in [0.5, 0.6) is 0 Å². The SMILES string of the molecule is CCN(CC)S(=O)(=O)c1ccc(C#CCCO)c(F)c1. The first-order chi connectivity index (χ1) is 9.47. The molecule has 0 aliphatic carbocycles. The van der Waals surface area contributed by atoms with Gasteiger partial charge in [0.25, 0.3) is 0 Å². The van der Waals surface area contributed by atoms with Gasteiger partial charge in [-0.05, 0) is 18.2 Å². The zero-order valence-corrected chi connectivity index (χ0v) is 12.4. The molecule has 0 amide bonds. The minimum Gasteiger partial charge on any atom is -0.395 e. The van der Waals surface area contributed by atoms with E-state index in [0.717, 1.165) is 6.07 Å². The molecule has 6 heteroatoms. The van der Waals surface area contributed by atoms with E-state index in [9.17, 15) is 12.8 Å². The summed E-state index contributed by atoms with van der Waals surface area (Å²) < 4.78 is 39.5. The third-order valence-electron chi connectivity index (χ3n) is 2.74. The van der Waals surface area contributed by atoms with E-state index in [0.29, 0.717) is 13.1 Å². The van der Waals surface area contributed by atoms with Crippen molar-refractivity contribution in [3.8, 4) is 11.8 Å². The summed E-state index contributed by atoms with van der Waals surface area (Å²) in [5, 5.41) is 8.60. The van der Waals surface area contributed by atoms with E-state index >= 15 is 0 Å². The average molecular weight is 299 g/mol. The van der Waals surface area contributed by atoms with Gasteiger partial charge < -0.3 is 5.11 Å². The molecular formula is C14H18FNO3S. The summed E-state index contributed by atoms with van der Waals surface area (Å²) in [7, 11) is -3.66. The topological polar surface area (TPSA) is 57.6 Å². The molecule has 0 aromatic heterocycles. The second-order valence-corrected chi connectivity index (χ2v) is 5.94. The minimum atomic E-state index is -3.66. The number of rotatable bonds is 5. The fraction of sp³-hybridized carbons (Fsp3) is 0.429. The molecule has 0 unspecified atom stereocenters. The molecule has 0 atom stereocenters. The highest BCUT2D eigenvalue weighted by Crippen LogP contribution is 2.18. The Hall–Kier alpha value is -1.42. The highest BCUT2D eigenvalue weighted by atomic mass is 32.2. The van der Waals surface area contributed by atoms with E-state index in [2.05, 4.69) is 11.8 Å². The molecule has 0 aliphatic heterocycles. The molecule has 110 valence electrons. The van der Waals surface area contributed by atoms with Crippen molar-refractivity contribution in [2.75, 3.05) is 19.7 Å². The van der Waals surface area contributed by atoms with E-state index in [-0.39, 0.29) is 23.5 Å². The molecular weight excluding hydrogens is 281 g/mol. The Kier molecular flexibility index (Phi) is 6.14. The molecule has 0 spiro atoms. The molecule has 0 saturated heterocycles. The van der Waals surface area contributed by atoms with Crippen LogP contribution in [0.15, 0.2) is 23.1 Å². The first-order valence-corrected chi connectivity index (χ1v) is 7.80. The quantitative estimate of drug-likeness (QED) is 0.840. The van der Waals surface area contributed by atoms with Gasteiger partial charge in [-0.3, -0.25) is 0 Å². The smallest absolute Gasteiger partial charge is 0.243 e. The van der Waals surface area contributed by atoms with Crippen molar-refractivity contribution >= 4 is 10.0 Å². The van der Waals surface area contributed by atoms with Gasteiger partial charge in [0, 0.05) is 19.5 Å². The summed E-state index contributed by atoms with van der Waals surface area (Å²) in [4.78, 5) is -0.0774. The summed E-state index contributed by atoms with van der Waals surface area (Å²) in [6.45, 7) is 4.03. The predicted molar refractivity (Wildman–Crippen MR) is 75.1 cm³/mol. The average Bonchev–Trinajstić information content (AvgIpc) is 2.41. The Morgan fingerprint density at radius 3 is 2.45 bits per heavy atom. The standard InChI is InChI=1S/C14H18FNO3S/c1-3-16(4-2)20(18,19)13-9-8-12(14(15)11-13)7-5-6-10-17/h8-9,11,17H,3-4,6,10H2,1-2H3. The lowest BCUT2D eigenvalue weighted by Gasteiger charge is -2.18. The van der Waals surface area contributed by atoms with Crippen LogP contribution < -0.4 is 0 Å². The summed E-state index contributed by atoms with van der Waals surface area (Å²) in [6.07, 6.45) is 0.249. The van der Waals surface area contributed by atoms with Crippen LogP contribution in [-0.2, 0) is 10.0 Å². The molecule has 0 heterocycles. The summed E-state index contributed by atoms with van der Waals surface area (Å²) in [5.74, 6) is 4.47. The summed E-state index contributed by atoms with van der Waals surface area (Å²) in [6, 6.07) is 3.67. The van der Waals surface area contributed by atoms with Gasteiger partial charge in [-0.2, -0.15) is 4.31 Å². The maximum Gasteiger partial charge on any atom is 0.243 e. The van der Waals surface area contributed by atoms with Gasteiger partial charge in [0.2, 0.25) is 10.0 Å². The second kappa shape index (κ2) is 7.39. The van der Waals surface area contributed by atoms with Crippen molar-refractivity contribution in [3.05, 3.63) is 29.6 Å². The lowest BCUT2D eigenvalue weighted by atomic mass is 10.2. The van der Waals surface area contributed by atoms with Crippen LogP contribution in [0.3, 0.4) is 0 Å². The van der Waals surface area contributed by atoms with Gasteiger partial charge in [0.15, 0.2) is 0 Å². The van der Waals surface area contributed by atoms with Crippen LogP contribution >= 0.6 is 0 Å². The number of benzene rings is 1. The van der Waals surface area contributed by atoms with E-state index < -0.39 is 15.8 Å². The van der Waals surface area contributed by atoms with E-state index in [1.165, 1.54) is 16.4 Å². The monoisotopic (exact) mass is 299 g/mol. The lowest BCUT2D eigenvalue weighted by Crippen LogP contribution is -2.30. The first kappa shape index (κ1) is 16.6. The van der Waals surface area contributed by atoms with Gasteiger partial charge in [-0.15, -0.1) is 0 Å². The normalized spacial score (nSPS) is 11.2. The Morgan fingerprint density at radius 1 is 1.30 bits per heavy atom. The van der Waals surface area contributed by atoms with Gasteiger partial charge in [0.05, 0.1) is 17.1 Å². The molecule has 0 fully saturated rings. The van der Waals surface area contributed by atoms with Gasteiger partial charge >= 0.3 is 0 Å². The van der Waals surface area contributed by atoms with Crippen LogP contribution in [0.25, 0.3) is 0 Å². The fourth-order valence-electron chi connectivity index (χ4n) is 1.68. The number of aliphatic hydroxyl groups is 1. The molecule has 1 aromatic carbocycles. The molecule has 20 heavy (non-hydrogen) atoms. The largest absolute Gasteiger partial charge is 0.395 e. The van der Waals surface area contributed by atoms with Crippen molar-refractivity contribution in [2.24, 2.45) is 0 Å². The number of nitrogens with zero attached hydrogens (tertiary/aromatic N) is 1. The van der Waals surface area contributed by atoms with Crippen LogP contribution in [-0.4, -0.2) is 37.5 Å². The third kappa shape index (κ3) is 3.79. The minimum absolute atomic E-state index is 0.0774. The Balaban J connectivity index is 3.13. The van der Waals surface area contributed by atoms with E-state index in [1.54, 1.807) is 13.8 Å². The van der Waals surface area contributed by atoms with Gasteiger partial charge in [-0.1, -0.05) is 25.7 Å². The zero-order valence-electron chi connectivity index (χ0n) is 11.6. The van der Waals surface area contributed by atoms with E-state index in [1.807, 2.05) is 0 Å². The zero-order chi connectivity index (χ0) is 15.2. The molecule has 4 nitrogen and oxygen atoms in total. The fourth-order valence-corrected chi connectivity index (χ4v) is 3.15. The van der Waals surface area contributed by atoms with Gasteiger partial charge in [-0.25, -0.2) is 12.8 Å². The maximum absolute atomic E-state index is 13.8. The third-order valence-corrected chi connectivity index (χ3v) is 4.79. The highest BCUT2D eigenvalue weighted by molar-refractivity contribution is 7.89. The first-order valence-electron chi connectivity index (χ1n) is 6.36. The van der Waals surface area contributed by atoms with Crippen molar-refractivity contribution in [1.29, 1.82) is 0 Å². The second-order valence-electron chi connectivity index (χ2n) is 4.01. The number of sulfonamides is 1. The number of aliphatic hydroxyl groups excluding tert-OH is 1. The Morgan fingerprint density at radius 2 is 1.95 bits per heavy atom. The van der Waals surface area contributed by atoms with Gasteiger partial charge in [0.1, 0.15) is 5.82 Å². The molecule has 0 aliphatic rings. The molecule has 1 N–H and O–H groups in total. The molecule has 0 bridgehead atoms. The Labute approximate surface area is 119 Å². The van der Waals surface area contributed by atoms with Crippen molar-refractivity contribution in [1.82, 2.24) is 4.31 Å². The van der Waals surface area contributed by atoms with Crippen molar-refractivity contribution < 1.29 is 17.9 Å². The molecule has 1 aromatic rings.